The average molecular weight is 300 g/mol. The van der Waals surface area contributed by atoms with E-state index >= 15 is 0 Å². The van der Waals surface area contributed by atoms with Crippen LogP contribution in [0.4, 0.5) is 0 Å². The molecule has 1 amide bonds. The molecule has 2 N–H and O–H groups in total. The van der Waals surface area contributed by atoms with Gasteiger partial charge >= 0.3 is 0 Å². The van der Waals surface area contributed by atoms with E-state index in [0.29, 0.717) is 37.6 Å². The van der Waals surface area contributed by atoms with E-state index in [-0.39, 0.29) is 5.91 Å². The zero-order valence-corrected chi connectivity index (χ0v) is 13.3. The van der Waals surface area contributed by atoms with Crippen molar-refractivity contribution < 1.29 is 9.53 Å². The third kappa shape index (κ3) is 5.62. The van der Waals surface area contributed by atoms with Crippen LogP contribution >= 0.6 is 11.8 Å². The molecule has 1 saturated carbocycles. The summed E-state index contributed by atoms with van der Waals surface area (Å²) in [6.07, 6.45) is 6.07. The second kappa shape index (κ2) is 8.90. The monoisotopic (exact) mass is 300 g/mol. The molecule has 5 heteroatoms. The fourth-order valence-electron chi connectivity index (χ4n) is 2.98. The molecule has 3 unspecified atom stereocenters. The summed E-state index contributed by atoms with van der Waals surface area (Å²) in [5.74, 6) is 3.02. The van der Waals surface area contributed by atoms with Gasteiger partial charge in [0.05, 0.1) is 12.7 Å². The number of nitrogens with one attached hydrogen (secondary N) is 2. The lowest BCUT2D eigenvalue weighted by molar-refractivity contribution is -0.122. The first kappa shape index (κ1) is 16.1. The fourth-order valence-corrected chi connectivity index (χ4v) is 3.93. The summed E-state index contributed by atoms with van der Waals surface area (Å²) in [5.41, 5.74) is 0. The average Bonchev–Trinajstić information content (AvgIpc) is 2.46. The number of amides is 1. The van der Waals surface area contributed by atoms with Gasteiger partial charge in [-0.25, -0.2) is 0 Å². The highest BCUT2D eigenvalue weighted by Gasteiger charge is 2.21. The SMILES string of the molecule is CC1CCCCC1OCCNC(=O)CC1CSCCN1. The summed E-state index contributed by atoms with van der Waals surface area (Å²) >= 11 is 1.93. The highest BCUT2D eigenvalue weighted by atomic mass is 32.2. The first-order valence-electron chi connectivity index (χ1n) is 7.95. The molecule has 0 aromatic rings. The van der Waals surface area contributed by atoms with Crippen molar-refractivity contribution in [2.75, 3.05) is 31.2 Å². The highest BCUT2D eigenvalue weighted by molar-refractivity contribution is 7.99. The van der Waals surface area contributed by atoms with Crippen molar-refractivity contribution in [2.24, 2.45) is 5.92 Å². The van der Waals surface area contributed by atoms with Crippen molar-refractivity contribution in [3.05, 3.63) is 0 Å². The van der Waals surface area contributed by atoms with Gasteiger partial charge in [-0.1, -0.05) is 19.8 Å². The minimum atomic E-state index is 0.144. The lowest BCUT2D eigenvalue weighted by Crippen LogP contribution is -2.42. The maximum Gasteiger partial charge on any atom is 0.221 e. The van der Waals surface area contributed by atoms with Crippen LogP contribution in [0.3, 0.4) is 0 Å². The van der Waals surface area contributed by atoms with Gasteiger partial charge in [-0.3, -0.25) is 4.79 Å². The van der Waals surface area contributed by atoms with Gasteiger partial charge in [-0.2, -0.15) is 11.8 Å². The van der Waals surface area contributed by atoms with Crippen molar-refractivity contribution in [1.82, 2.24) is 10.6 Å². The van der Waals surface area contributed by atoms with E-state index in [9.17, 15) is 4.79 Å². The van der Waals surface area contributed by atoms with Crippen molar-refractivity contribution >= 4 is 17.7 Å². The minimum absolute atomic E-state index is 0.144. The normalized spacial score (nSPS) is 30.9. The van der Waals surface area contributed by atoms with E-state index in [4.69, 9.17) is 4.74 Å². The van der Waals surface area contributed by atoms with E-state index < -0.39 is 0 Å². The van der Waals surface area contributed by atoms with Crippen LogP contribution in [0.5, 0.6) is 0 Å². The molecule has 2 aliphatic rings. The molecule has 2 fully saturated rings. The summed E-state index contributed by atoms with van der Waals surface area (Å²) < 4.78 is 5.90. The van der Waals surface area contributed by atoms with Gasteiger partial charge in [-0.15, -0.1) is 0 Å². The number of thioether (sulfide) groups is 1. The number of carbonyl (C=O) groups excluding carboxylic acids is 1. The number of hydrogen-bond acceptors (Lipinski definition) is 4. The van der Waals surface area contributed by atoms with E-state index in [1.165, 1.54) is 25.7 Å². The molecule has 20 heavy (non-hydrogen) atoms. The Morgan fingerprint density at radius 2 is 2.25 bits per heavy atom. The van der Waals surface area contributed by atoms with E-state index in [2.05, 4.69) is 17.6 Å². The van der Waals surface area contributed by atoms with Crippen LogP contribution in [0.15, 0.2) is 0 Å². The maximum atomic E-state index is 11.8. The van der Waals surface area contributed by atoms with Crippen molar-refractivity contribution in [2.45, 2.75) is 51.2 Å². The Bertz CT molecular complexity index is 296. The number of rotatable bonds is 6. The minimum Gasteiger partial charge on any atom is -0.376 e. The topological polar surface area (TPSA) is 50.4 Å². The van der Waals surface area contributed by atoms with Crippen molar-refractivity contribution in [1.29, 1.82) is 0 Å². The lowest BCUT2D eigenvalue weighted by atomic mass is 9.88. The molecule has 1 aliphatic heterocycles. The first-order chi connectivity index (χ1) is 9.75. The van der Waals surface area contributed by atoms with Gasteiger partial charge in [0, 0.05) is 37.1 Å². The molecular formula is C15H28N2O2S. The van der Waals surface area contributed by atoms with Crippen LogP contribution in [-0.2, 0) is 9.53 Å². The summed E-state index contributed by atoms with van der Waals surface area (Å²) in [5, 5.41) is 6.36. The molecule has 0 aromatic carbocycles. The maximum absolute atomic E-state index is 11.8. The molecule has 3 atom stereocenters. The quantitative estimate of drug-likeness (QED) is 0.734. The largest absolute Gasteiger partial charge is 0.376 e. The molecule has 0 bridgehead atoms. The molecule has 1 saturated heterocycles. The third-order valence-corrected chi connectivity index (χ3v) is 5.35. The summed E-state index contributed by atoms with van der Waals surface area (Å²) in [6.45, 7) is 4.58. The van der Waals surface area contributed by atoms with Gasteiger partial charge < -0.3 is 15.4 Å². The molecule has 116 valence electrons. The van der Waals surface area contributed by atoms with Crippen molar-refractivity contribution in [3.63, 3.8) is 0 Å². The fraction of sp³-hybridized carbons (Fsp3) is 0.933. The Labute approximate surface area is 126 Å². The van der Waals surface area contributed by atoms with Crippen LogP contribution in [0.1, 0.15) is 39.0 Å². The Balaban J connectivity index is 1.52. The molecule has 0 aromatic heterocycles. The second-order valence-corrected chi connectivity index (χ2v) is 7.10. The van der Waals surface area contributed by atoms with Crippen molar-refractivity contribution in [3.8, 4) is 0 Å². The summed E-state index contributed by atoms with van der Waals surface area (Å²) in [6, 6.07) is 0.341. The molecule has 4 nitrogen and oxygen atoms in total. The smallest absolute Gasteiger partial charge is 0.221 e. The van der Waals surface area contributed by atoms with E-state index in [1.54, 1.807) is 0 Å². The Hall–Kier alpha value is -0.260. The lowest BCUT2D eigenvalue weighted by Gasteiger charge is -2.28. The molecule has 0 spiro atoms. The zero-order chi connectivity index (χ0) is 14.2. The number of hydrogen-bond donors (Lipinski definition) is 2. The predicted molar refractivity (Wildman–Crippen MR) is 84.1 cm³/mol. The van der Waals surface area contributed by atoms with Gasteiger partial charge in [0.1, 0.15) is 0 Å². The van der Waals surface area contributed by atoms with Crippen LogP contribution in [-0.4, -0.2) is 49.3 Å². The van der Waals surface area contributed by atoms with Crippen LogP contribution in [0.2, 0.25) is 0 Å². The standard InChI is InChI=1S/C15H28N2O2S/c1-12-4-2-3-5-14(12)19-8-6-17-15(18)10-13-11-20-9-7-16-13/h12-14,16H,2-11H2,1H3,(H,17,18). The summed E-state index contributed by atoms with van der Waals surface area (Å²) in [4.78, 5) is 11.8. The first-order valence-corrected chi connectivity index (χ1v) is 9.10. The Morgan fingerprint density at radius 1 is 1.40 bits per heavy atom. The third-order valence-electron chi connectivity index (χ3n) is 4.22. The molecule has 1 heterocycles. The van der Waals surface area contributed by atoms with Gasteiger partial charge in [0.25, 0.3) is 0 Å². The van der Waals surface area contributed by atoms with Crippen LogP contribution < -0.4 is 10.6 Å². The van der Waals surface area contributed by atoms with Crippen LogP contribution in [0, 0.1) is 5.92 Å². The highest BCUT2D eigenvalue weighted by Crippen LogP contribution is 2.25. The summed E-state index contributed by atoms with van der Waals surface area (Å²) in [7, 11) is 0. The van der Waals surface area contributed by atoms with E-state index in [1.807, 2.05) is 11.8 Å². The number of ether oxygens (including phenoxy) is 1. The van der Waals surface area contributed by atoms with Gasteiger partial charge in [0.15, 0.2) is 0 Å². The van der Waals surface area contributed by atoms with Crippen LogP contribution in [0.25, 0.3) is 0 Å². The molecular weight excluding hydrogens is 272 g/mol. The zero-order valence-electron chi connectivity index (χ0n) is 12.5. The molecule has 2 rings (SSSR count). The number of carbonyl (C=O) groups is 1. The molecule has 1 aliphatic carbocycles. The van der Waals surface area contributed by atoms with Gasteiger partial charge in [-0.05, 0) is 18.8 Å². The Kier molecular flexibility index (Phi) is 7.17. The van der Waals surface area contributed by atoms with Gasteiger partial charge in [0.2, 0.25) is 5.91 Å². The van der Waals surface area contributed by atoms with E-state index in [0.717, 1.165) is 18.1 Å². The Morgan fingerprint density at radius 3 is 3.00 bits per heavy atom. The predicted octanol–water partition coefficient (Wildman–Crippen LogP) is 1.79. The molecule has 0 radical (unpaired) electrons. The second-order valence-electron chi connectivity index (χ2n) is 5.95.